The summed E-state index contributed by atoms with van der Waals surface area (Å²) in [7, 11) is 0. The normalized spacial score (nSPS) is 13.6. The molecule has 1 rings (SSSR count). The fraction of sp³-hybridized carbons (Fsp3) is 0.588. The van der Waals surface area contributed by atoms with Crippen LogP contribution >= 0.6 is 11.6 Å². The van der Waals surface area contributed by atoms with Crippen molar-refractivity contribution in [1.29, 1.82) is 0 Å². The minimum absolute atomic E-state index is 0.321. The van der Waals surface area contributed by atoms with E-state index in [4.69, 9.17) is 26.8 Å². The van der Waals surface area contributed by atoms with Gasteiger partial charge in [-0.2, -0.15) is 0 Å². The number of esters is 1. The minimum Gasteiger partial charge on any atom is -0.487 e. The van der Waals surface area contributed by atoms with Gasteiger partial charge in [0.05, 0.1) is 5.02 Å². The molecule has 2 N–H and O–H groups in total. The van der Waals surface area contributed by atoms with Crippen molar-refractivity contribution in [1.82, 2.24) is 0 Å². The van der Waals surface area contributed by atoms with E-state index in [2.05, 4.69) is 0 Å². The topological polar surface area (TPSA) is 61.5 Å². The summed E-state index contributed by atoms with van der Waals surface area (Å²) >= 11 is 6.22. The lowest BCUT2D eigenvalue weighted by Crippen LogP contribution is -2.38. The maximum absolute atomic E-state index is 11.9. The maximum atomic E-state index is 11.9. The van der Waals surface area contributed by atoms with Crippen LogP contribution in [0.5, 0.6) is 5.75 Å². The molecule has 5 heteroatoms. The molecule has 0 aromatic heterocycles. The molecule has 4 nitrogen and oxygen atoms in total. The van der Waals surface area contributed by atoms with E-state index in [1.807, 2.05) is 47.6 Å². The highest BCUT2D eigenvalue weighted by atomic mass is 35.5. The van der Waals surface area contributed by atoms with Crippen LogP contribution in [0.15, 0.2) is 18.2 Å². The third kappa shape index (κ3) is 6.67. The van der Waals surface area contributed by atoms with Crippen LogP contribution in [0.3, 0.4) is 0 Å². The van der Waals surface area contributed by atoms with E-state index in [0.29, 0.717) is 17.2 Å². The zero-order chi connectivity index (χ0) is 17.1. The molecule has 0 saturated heterocycles. The number of carbonyl (C=O) groups is 1. The molecule has 1 aromatic rings. The third-order valence-electron chi connectivity index (χ3n) is 2.58. The summed E-state index contributed by atoms with van der Waals surface area (Å²) in [5, 5.41) is 0.504. The van der Waals surface area contributed by atoms with Crippen molar-refractivity contribution in [2.24, 2.45) is 5.73 Å². The van der Waals surface area contributed by atoms with Crippen LogP contribution in [0.1, 0.15) is 47.1 Å². The first-order valence-electron chi connectivity index (χ1n) is 7.33. The average Bonchev–Trinajstić information content (AvgIpc) is 2.29. The predicted octanol–water partition coefficient (Wildman–Crippen LogP) is 3.73. The number of hydrogen-bond donors (Lipinski definition) is 1. The smallest absolute Gasteiger partial charge is 0.323 e. The summed E-state index contributed by atoms with van der Waals surface area (Å²) in [5.41, 5.74) is 5.90. The number of halogens is 1. The van der Waals surface area contributed by atoms with E-state index in [1.165, 1.54) is 0 Å². The van der Waals surface area contributed by atoms with Crippen molar-refractivity contribution < 1.29 is 14.3 Å². The Morgan fingerprint density at radius 3 is 2.23 bits per heavy atom. The first-order valence-corrected chi connectivity index (χ1v) is 7.71. The van der Waals surface area contributed by atoms with Gasteiger partial charge in [-0.15, -0.1) is 0 Å². The second kappa shape index (κ2) is 6.88. The number of ether oxygens (including phenoxy) is 2. The van der Waals surface area contributed by atoms with Crippen molar-refractivity contribution in [3.63, 3.8) is 0 Å². The van der Waals surface area contributed by atoms with Crippen LogP contribution in [-0.2, 0) is 16.0 Å². The highest BCUT2D eigenvalue weighted by Crippen LogP contribution is 2.29. The second-order valence-electron chi connectivity index (χ2n) is 7.32. The lowest BCUT2D eigenvalue weighted by molar-refractivity contribution is -0.156. The molecular weight excluding hydrogens is 302 g/mol. The van der Waals surface area contributed by atoms with Crippen molar-refractivity contribution >= 4 is 17.6 Å². The van der Waals surface area contributed by atoms with Crippen LogP contribution in [-0.4, -0.2) is 23.2 Å². The zero-order valence-electron chi connectivity index (χ0n) is 14.2. The van der Waals surface area contributed by atoms with E-state index in [1.54, 1.807) is 12.1 Å². The number of carbonyl (C=O) groups excluding carboxylic acids is 1. The molecule has 0 aliphatic rings. The Balaban J connectivity index is 2.75. The molecular formula is C17H26ClNO3. The van der Waals surface area contributed by atoms with Crippen LogP contribution in [0.25, 0.3) is 0 Å². The maximum Gasteiger partial charge on any atom is 0.323 e. The van der Waals surface area contributed by atoms with Gasteiger partial charge < -0.3 is 15.2 Å². The van der Waals surface area contributed by atoms with E-state index in [9.17, 15) is 4.79 Å². The number of rotatable bonds is 4. The summed E-state index contributed by atoms with van der Waals surface area (Å²) in [5.74, 6) is 0.197. The molecule has 1 atom stereocenters. The van der Waals surface area contributed by atoms with E-state index in [-0.39, 0.29) is 5.60 Å². The first-order chi connectivity index (χ1) is 9.87. The first kappa shape index (κ1) is 18.8. The minimum atomic E-state index is -0.718. The molecule has 0 spiro atoms. The molecule has 22 heavy (non-hydrogen) atoms. The summed E-state index contributed by atoms with van der Waals surface area (Å²) in [6.07, 6.45) is 0.366. The molecule has 124 valence electrons. The van der Waals surface area contributed by atoms with Gasteiger partial charge in [0, 0.05) is 0 Å². The van der Waals surface area contributed by atoms with Crippen molar-refractivity contribution in [3.8, 4) is 5.75 Å². The van der Waals surface area contributed by atoms with E-state index >= 15 is 0 Å². The van der Waals surface area contributed by atoms with Crippen molar-refractivity contribution in [3.05, 3.63) is 28.8 Å². The Labute approximate surface area is 137 Å². The van der Waals surface area contributed by atoms with Gasteiger partial charge in [0.25, 0.3) is 0 Å². The summed E-state index contributed by atoms with van der Waals surface area (Å²) < 4.78 is 11.0. The van der Waals surface area contributed by atoms with Gasteiger partial charge in [0.1, 0.15) is 23.0 Å². The number of benzene rings is 1. The van der Waals surface area contributed by atoms with Gasteiger partial charge in [-0.1, -0.05) is 17.7 Å². The summed E-state index contributed by atoms with van der Waals surface area (Å²) in [6.45, 7) is 11.3. The number of hydrogen-bond acceptors (Lipinski definition) is 4. The standard InChI is InChI=1S/C17H26ClNO3/c1-16(2,3)21-14-8-7-11(9-12(14)18)10-13(19)15(20)22-17(4,5)6/h7-9,13H,10,19H2,1-6H3/t13-/m0/s1. The Kier molecular flexibility index (Phi) is 5.88. The Hall–Kier alpha value is -1.26. The molecule has 0 aliphatic heterocycles. The van der Waals surface area contributed by atoms with E-state index < -0.39 is 17.6 Å². The lowest BCUT2D eigenvalue weighted by Gasteiger charge is -2.23. The molecule has 0 saturated carbocycles. The van der Waals surface area contributed by atoms with Gasteiger partial charge in [0.2, 0.25) is 0 Å². The van der Waals surface area contributed by atoms with Crippen LogP contribution in [0, 0.1) is 0 Å². The lowest BCUT2D eigenvalue weighted by atomic mass is 10.1. The quantitative estimate of drug-likeness (QED) is 0.856. The average molecular weight is 328 g/mol. The third-order valence-corrected chi connectivity index (χ3v) is 2.87. The fourth-order valence-corrected chi connectivity index (χ4v) is 2.04. The van der Waals surface area contributed by atoms with E-state index in [0.717, 1.165) is 5.56 Å². The highest BCUT2D eigenvalue weighted by molar-refractivity contribution is 6.32. The fourth-order valence-electron chi connectivity index (χ4n) is 1.80. The zero-order valence-corrected chi connectivity index (χ0v) is 15.0. The molecule has 0 radical (unpaired) electrons. The summed E-state index contributed by atoms with van der Waals surface area (Å²) in [4.78, 5) is 11.9. The van der Waals surface area contributed by atoms with Gasteiger partial charge in [-0.05, 0) is 65.7 Å². The molecule has 0 heterocycles. The highest BCUT2D eigenvalue weighted by Gasteiger charge is 2.23. The molecule has 0 unspecified atom stereocenters. The molecule has 0 amide bonds. The van der Waals surface area contributed by atoms with Gasteiger partial charge in [0.15, 0.2) is 0 Å². The SMILES string of the molecule is CC(C)(C)OC(=O)[C@@H](N)Cc1ccc(OC(C)(C)C)c(Cl)c1. The molecule has 0 aliphatic carbocycles. The van der Waals surface area contributed by atoms with Crippen LogP contribution < -0.4 is 10.5 Å². The van der Waals surface area contributed by atoms with Crippen molar-refractivity contribution in [2.75, 3.05) is 0 Å². The van der Waals surface area contributed by atoms with Gasteiger partial charge in [-0.25, -0.2) is 0 Å². The Morgan fingerprint density at radius 2 is 1.77 bits per heavy atom. The molecule has 1 aromatic carbocycles. The Bertz CT molecular complexity index is 530. The largest absolute Gasteiger partial charge is 0.487 e. The predicted molar refractivity (Wildman–Crippen MR) is 89.4 cm³/mol. The van der Waals surface area contributed by atoms with Crippen LogP contribution in [0.4, 0.5) is 0 Å². The monoisotopic (exact) mass is 327 g/mol. The summed E-state index contributed by atoms with van der Waals surface area (Å²) in [6, 6.07) is 4.71. The second-order valence-corrected chi connectivity index (χ2v) is 7.73. The molecule has 0 bridgehead atoms. The number of nitrogens with two attached hydrogens (primary N) is 1. The van der Waals surface area contributed by atoms with Gasteiger partial charge >= 0.3 is 5.97 Å². The van der Waals surface area contributed by atoms with Crippen molar-refractivity contribution in [2.45, 2.75) is 65.2 Å². The van der Waals surface area contributed by atoms with Crippen LogP contribution in [0.2, 0.25) is 5.02 Å². The molecule has 0 fully saturated rings. The van der Waals surface area contributed by atoms with Gasteiger partial charge in [-0.3, -0.25) is 4.79 Å². The Morgan fingerprint density at radius 1 is 1.18 bits per heavy atom.